The van der Waals surface area contributed by atoms with E-state index in [9.17, 15) is 0 Å². The molecule has 118 valence electrons. The van der Waals surface area contributed by atoms with Crippen LogP contribution in [-0.2, 0) is 0 Å². The van der Waals surface area contributed by atoms with Crippen molar-refractivity contribution < 1.29 is 4.74 Å². The van der Waals surface area contributed by atoms with E-state index in [-0.39, 0.29) is 0 Å². The van der Waals surface area contributed by atoms with Crippen molar-refractivity contribution in [2.24, 2.45) is 5.41 Å². The van der Waals surface area contributed by atoms with Crippen molar-refractivity contribution in [3.8, 4) is 5.75 Å². The summed E-state index contributed by atoms with van der Waals surface area (Å²) >= 11 is 0. The van der Waals surface area contributed by atoms with Crippen LogP contribution >= 0.6 is 0 Å². The third-order valence-corrected chi connectivity index (χ3v) is 4.66. The zero-order valence-electron chi connectivity index (χ0n) is 13.8. The van der Waals surface area contributed by atoms with E-state index >= 15 is 0 Å². The highest BCUT2D eigenvalue weighted by Crippen LogP contribution is 2.39. The second kappa shape index (κ2) is 7.69. The number of hydrogen-bond donors (Lipinski definition) is 1. The molecule has 1 aliphatic carbocycles. The summed E-state index contributed by atoms with van der Waals surface area (Å²) in [6.07, 6.45) is 6.65. The van der Waals surface area contributed by atoms with E-state index in [1.165, 1.54) is 37.8 Å². The average molecular weight is 290 g/mol. The van der Waals surface area contributed by atoms with Gasteiger partial charge in [-0.2, -0.15) is 0 Å². The summed E-state index contributed by atoms with van der Waals surface area (Å²) in [5.41, 5.74) is 1.68. The molecule has 1 fully saturated rings. The summed E-state index contributed by atoms with van der Waals surface area (Å²) in [6, 6.07) is 8.37. The molecule has 0 radical (unpaired) electrons. The Hall–Kier alpha value is -1.22. The van der Waals surface area contributed by atoms with Gasteiger partial charge in [0, 0.05) is 37.3 Å². The van der Waals surface area contributed by atoms with Crippen LogP contribution in [0.25, 0.3) is 0 Å². The van der Waals surface area contributed by atoms with Crippen LogP contribution in [0.15, 0.2) is 24.3 Å². The van der Waals surface area contributed by atoms with Crippen molar-refractivity contribution in [3.63, 3.8) is 0 Å². The van der Waals surface area contributed by atoms with Crippen LogP contribution < -0.4 is 15.0 Å². The predicted molar refractivity (Wildman–Crippen MR) is 90.3 cm³/mol. The largest absolute Gasteiger partial charge is 0.497 e. The number of hydrogen-bond acceptors (Lipinski definition) is 3. The molecule has 0 bridgehead atoms. The molecule has 3 nitrogen and oxygen atoms in total. The third-order valence-electron chi connectivity index (χ3n) is 4.66. The summed E-state index contributed by atoms with van der Waals surface area (Å²) in [4.78, 5) is 2.39. The lowest BCUT2D eigenvalue weighted by Crippen LogP contribution is -2.41. The molecular weight excluding hydrogens is 260 g/mol. The van der Waals surface area contributed by atoms with Gasteiger partial charge in [0.1, 0.15) is 5.75 Å². The fourth-order valence-electron chi connectivity index (χ4n) is 3.49. The topological polar surface area (TPSA) is 24.5 Å². The van der Waals surface area contributed by atoms with Gasteiger partial charge in [0.2, 0.25) is 0 Å². The van der Waals surface area contributed by atoms with Crippen molar-refractivity contribution in [1.29, 1.82) is 0 Å². The monoisotopic (exact) mass is 290 g/mol. The number of methoxy groups -OCH3 is 1. The maximum atomic E-state index is 5.34. The number of ether oxygens (including phenoxy) is 1. The molecule has 1 aromatic carbocycles. The van der Waals surface area contributed by atoms with Crippen molar-refractivity contribution in [2.75, 3.05) is 38.7 Å². The summed E-state index contributed by atoms with van der Waals surface area (Å²) in [7, 11) is 3.93. The van der Waals surface area contributed by atoms with Crippen molar-refractivity contribution >= 4 is 5.69 Å². The van der Waals surface area contributed by atoms with Gasteiger partial charge in [-0.15, -0.1) is 0 Å². The molecule has 3 heteroatoms. The fourth-order valence-corrected chi connectivity index (χ4v) is 3.49. The van der Waals surface area contributed by atoms with E-state index in [0.717, 1.165) is 25.4 Å². The Bertz CT molecular complexity index is 427. The lowest BCUT2D eigenvalue weighted by Gasteiger charge is -2.35. The van der Waals surface area contributed by atoms with Gasteiger partial charge in [-0.1, -0.05) is 25.8 Å². The zero-order valence-corrected chi connectivity index (χ0v) is 13.8. The first-order valence-electron chi connectivity index (χ1n) is 8.25. The Kier molecular flexibility index (Phi) is 5.92. The SMILES string of the molecule is CCCNCC1(CN(C)c2cccc(OC)c2)CCCC1. The Morgan fingerprint density at radius 2 is 2.05 bits per heavy atom. The van der Waals surface area contributed by atoms with Crippen LogP contribution in [0.5, 0.6) is 5.75 Å². The van der Waals surface area contributed by atoms with Gasteiger partial charge in [-0.25, -0.2) is 0 Å². The fraction of sp³-hybridized carbons (Fsp3) is 0.667. The van der Waals surface area contributed by atoms with Crippen molar-refractivity contribution in [1.82, 2.24) is 5.32 Å². The molecule has 0 amide bonds. The highest BCUT2D eigenvalue weighted by molar-refractivity contribution is 5.50. The minimum Gasteiger partial charge on any atom is -0.497 e. The standard InChI is InChI=1S/C18H30N2O/c1-4-12-19-14-18(10-5-6-11-18)15-20(2)16-8-7-9-17(13-16)21-3/h7-9,13,19H,4-6,10-12,14-15H2,1-3H3. The van der Waals surface area contributed by atoms with E-state index in [0.29, 0.717) is 5.41 Å². The van der Waals surface area contributed by atoms with Crippen LogP contribution in [0.1, 0.15) is 39.0 Å². The number of nitrogens with one attached hydrogen (secondary N) is 1. The van der Waals surface area contributed by atoms with Gasteiger partial charge >= 0.3 is 0 Å². The van der Waals surface area contributed by atoms with Crippen molar-refractivity contribution in [3.05, 3.63) is 24.3 Å². The Labute approximate surface area is 129 Å². The number of nitrogens with zero attached hydrogens (tertiary/aromatic N) is 1. The molecule has 1 aliphatic rings. The highest BCUT2D eigenvalue weighted by atomic mass is 16.5. The molecule has 0 unspecified atom stereocenters. The van der Waals surface area contributed by atoms with Crippen LogP contribution in [-0.4, -0.2) is 33.8 Å². The predicted octanol–water partition coefficient (Wildman–Crippen LogP) is 3.69. The van der Waals surface area contributed by atoms with E-state index < -0.39 is 0 Å². The first-order chi connectivity index (χ1) is 10.2. The average Bonchev–Trinajstić information content (AvgIpc) is 2.96. The van der Waals surface area contributed by atoms with E-state index in [1.807, 2.05) is 6.07 Å². The maximum absolute atomic E-state index is 5.34. The zero-order chi connectivity index (χ0) is 15.1. The lowest BCUT2D eigenvalue weighted by molar-refractivity contribution is 0.287. The quantitative estimate of drug-likeness (QED) is 0.739. The van der Waals surface area contributed by atoms with E-state index in [1.54, 1.807) is 7.11 Å². The molecule has 0 aromatic heterocycles. The number of benzene rings is 1. The molecule has 21 heavy (non-hydrogen) atoms. The second-order valence-corrected chi connectivity index (χ2v) is 6.44. The van der Waals surface area contributed by atoms with Gasteiger partial charge in [0.05, 0.1) is 7.11 Å². The van der Waals surface area contributed by atoms with Crippen LogP contribution in [0.3, 0.4) is 0 Å². The molecule has 2 rings (SSSR count). The minimum atomic E-state index is 0.437. The maximum Gasteiger partial charge on any atom is 0.120 e. The first kappa shape index (κ1) is 16.2. The minimum absolute atomic E-state index is 0.437. The molecule has 1 aromatic rings. The molecule has 1 saturated carbocycles. The molecule has 0 spiro atoms. The molecule has 1 N–H and O–H groups in total. The Balaban J connectivity index is 2.01. The number of anilines is 1. The summed E-state index contributed by atoms with van der Waals surface area (Å²) in [5, 5.41) is 3.65. The Morgan fingerprint density at radius 3 is 2.71 bits per heavy atom. The Morgan fingerprint density at radius 1 is 1.29 bits per heavy atom. The first-order valence-corrected chi connectivity index (χ1v) is 8.25. The second-order valence-electron chi connectivity index (χ2n) is 6.44. The van der Waals surface area contributed by atoms with Crippen LogP contribution in [0.4, 0.5) is 5.69 Å². The van der Waals surface area contributed by atoms with Gasteiger partial charge in [0.25, 0.3) is 0 Å². The van der Waals surface area contributed by atoms with E-state index in [4.69, 9.17) is 4.74 Å². The van der Waals surface area contributed by atoms with Gasteiger partial charge in [-0.05, 0) is 37.9 Å². The van der Waals surface area contributed by atoms with Crippen LogP contribution in [0.2, 0.25) is 0 Å². The van der Waals surface area contributed by atoms with Crippen molar-refractivity contribution in [2.45, 2.75) is 39.0 Å². The third kappa shape index (κ3) is 4.37. The molecular formula is C18H30N2O. The summed E-state index contributed by atoms with van der Waals surface area (Å²) in [6.45, 7) is 5.63. The smallest absolute Gasteiger partial charge is 0.120 e. The van der Waals surface area contributed by atoms with Gasteiger partial charge in [-0.3, -0.25) is 0 Å². The summed E-state index contributed by atoms with van der Waals surface area (Å²) < 4.78 is 5.34. The molecule has 0 aliphatic heterocycles. The highest BCUT2D eigenvalue weighted by Gasteiger charge is 2.34. The molecule has 0 atom stereocenters. The summed E-state index contributed by atoms with van der Waals surface area (Å²) in [5.74, 6) is 0.934. The molecule has 0 saturated heterocycles. The normalized spacial score (nSPS) is 16.9. The lowest BCUT2D eigenvalue weighted by atomic mass is 9.85. The molecule has 0 heterocycles. The van der Waals surface area contributed by atoms with Gasteiger partial charge in [0.15, 0.2) is 0 Å². The van der Waals surface area contributed by atoms with Crippen LogP contribution in [0, 0.1) is 5.41 Å². The van der Waals surface area contributed by atoms with E-state index in [2.05, 4.69) is 42.4 Å². The number of rotatable bonds is 8. The van der Waals surface area contributed by atoms with Gasteiger partial charge < -0.3 is 15.0 Å².